The molecule has 0 bridgehead atoms. The molecule has 0 radical (unpaired) electrons. The number of aliphatic hydroxyl groups is 1. The monoisotopic (exact) mass is 457 g/mol. The summed E-state index contributed by atoms with van der Waals surface area (Å²) in [6.07, 6.45) is -5.12. The predicted molar refractivity (Wildman–Crippen MR) is 105 cm³/mol. The van der Waals surface area contributed by atoms with Crippen LogP contribution in [-0.4, -0.2) is 32.9 Å². The molecule has 0 aliphatic heterocycles. The fourth-order valence-electron chi connectivity index (χ4n) is 2.25. The first kappa shape index (κ1) is 22.1. The summed E-state index contributed by atoms with van der Waals surface area (Å²) in [6.45, 7) is 2.09. The summed E-state index contributed by atoms with van der Waals surface area (Å²) < 4.78 is 43.4. The van der Waals surface area contributed by atoms with Crippen molar-refractivity contribution in [3.8, 4) is 11.5 Å². The van der Waals surface area contributed by atoms with Crippen LogP contribution < -0.4 is 5.32 Å². The van der Waals surface area contributed by atoms with E-state index in [0.717, 1.165) is 10.5 Å². The summed E-state index contributed by atoms with van der Waals surface area (Å²) in [6, 6.07) is 11.7. The molecule has 3 rings (SSSR count). The van der Waals surface area contributed by atoms with Gasteiger partial charge in [-0.25, -0.2) is 0 Å². The second kappa shape index (κ2) is 8.29. The van der Waals surface area contributed by atoms with Gasteiger partial charge in [-0.1, -0.05) is 28.5 Å². The summed E-state index contributed by atoms with van der Waals surface area (Å²) in [5.41, 5.74) is -2.83. The molecule has 158 valence electrons. The summed E-state index contributed by atoms with van der Waals surface area (Å²) >= 11 is 7.45. The van der Waals surface area contributed by atoms with Gasteiger partial charge in [0.15, 0.2) is 5.82 Å². The Morgan fingerprint density at radius 3 is 2.33 bits per heavy atom. The topological polar surface area (TPSA) is 88.2 Å². The molecule has 1 atom stereocenters. The van der Waals surface area contributed by atoms with Gasteiger partial charge in [-0.3, -0.25) is 4.79 Å². The molecule has 0 saturated carbocycles. The lowest BCUT2D eigenvalue weighted by Crippen LogP contribution is -2.52. The molecule has 0 aliphatic rings. The molecule has 2 N–H and O–H groups in total. The van der Waals surface area contributed by atoms with E-state index < -0.39 is 17.7 Å². The van der Waals surface area contributed by atoms with E-state index in [0.29, 0.717) is 23.5 Å². The average molecular weight is 458 g/mol. The molecule has 3 aromatic rings. The zero-order valence-electron chi connectivity index (χ0n) is 15.6. The zero-order chi connectivity index (χ0) is 22.1. The molecule has 6 nitrogen and oxygen atoms in total. The van der Waals surface area contributed by atoms with Gasteiger partial charge in [-0.2, -0.15) is 18.2 Å². The van der Waals surface area contributed by atoms with E-state index in [4.69, 9.17) is 16.1 Å². The van der Waals surface area contributed by atoms with Crippen LogP contribution in [0.15, 0.2) is 56.8 Å². The Bertz CT molecular complexity index is 1070. The molecular weight excluding hydrogens is 443 g/mol. The van der Waals surface area contributed by atoms with Crippen LogP contribution in [0.5, 0.6) is 0 Å². The van der Waals surface area contributed by atoms with Crippen molar-refractivity contribution in [3.63, 3.8) is 0 Å². The smallest absolute Gasteiger partial charge is 0.373 e. The van der Waals surface area contributed by atoms with E-state index in [1.54, 1.807) is 13.0 Å². The van der Waals surface area contributed by atoms with Crippen molar-refractivity contribution in [2.45, 2.75) is 35.4 Å². The predicted octanol–water partition coefficient (Wildman–Crippen LogP) is 5.10. The second-order valence-corrected chi connectivity index (χ2v) is 7.99. The molecule has 1 amide bonds. The second-order valence-electron chi connectivity index (χ2n) is 6.44. The number of alkyl halides is 3. The lowest BCUT2D eigenvalue weighted by Gasteiger charge is -2.25. The van der Waals surface area contributed by atoms with E-state index in [1.807, 2.05) is 29.6 Å². The summed E-state index contributed by atoms with van der Waals surface area (Å²) in [4.78, 5) is 17.5. The highest BCUT2D eigenvalue weighted by atomic mass is 35.5. The van der Waals surface area contributed by atoms with Gasteiger partial charge in [0.2, 0.25) is 5.60 Å². The molecule has 0 spiro atoms. The number of halogens is 4. The normalized spacial score (nSPS) is 13.7. The zero-order valence-corrected chi connectivity index (χ0v) is 17.2. The molecule has 0 unspecified atom stereocenters. The van der Waals surface area contributed by atoms with E-state index in [1.165, 1.54) is 23.9 Å². The fraction of sp³-hybridized carbons (Fsp3) is 0.211. The van der Waals surface area contributed by atoms with Crippen LogP contribution >= 0.6 is 23.4 Å². The largest absolute Gasteiger partial charge is 0.426 e. The van der Waals surface area contributed by atoms with Crippen LogP contribution in [0.3, 0.4) is 0 Å². The number of benzene rings is 2. The average Bonchev–Trinajstić information content (AvgIpc) is 3.10. The fourth-order valence-corrected chi connectivity index (χ4v) is 3.40. The van der Waals surface area contributed by atoms with E-state index >= 15 is 0 Å². The molecule has 30 heavy (non-hydrogen) atoms. The van der Waals surface area contributed by atoms with Crippen LogP contribution in [0, 0.1) is 6.92 Å². The number of rotatable bonds is 5. The summed E-state index contributed by atoms with van der Waals surface area (Å²) in [7, 11) is 0. The number of aryl methyl sites for hydroxylation is 1. The number of nitrogens with zero attached hydrogens (tertiary/aromatic N) is 2. The van der Waals surface area contributed by atoms with Gasteiger partial charge in [0.1, 0.15) is 0 Å². The maximum absolute atomic E-state index is 12.8. The Morgan fingerprint density at radius 2 is 1.80 bits per heavy atom. The maximum atomic E-state index is 12.8. The Balaban J connectivity index is 1.70. The number of nitrogens with one attached hydrogen (secondary N) is 1. The van der Waals surface area contributed by atoms with Gasteiger partial charge in [0, 0.05) is 15.4 Å². The van der Waals surface area contributed by atoms with Crippen molar-refractivity contribution in [2.24, 2.45) is 0 Å². The van der Waals surface area contributed by atoms with E-state index in [9.17, 15) is 23.1 Å². The minimum Gasteiger partial charge on any atom is -0.373 e. The SMILES string of the molecule is Cc1noc(-c2ccc(Sc3ccc(NC(=O)[C@@](C)(O)C(F)(F)F)c(Cl)c3)cc2)n1. The van der Waals surface area contributed by atoms with Crippen molar-refractivity contribution in [1.29, 1.82) is 0 Å². The summed E-state index contributed by atoms with van der Waals surface area (Å²) in [5.74, 6) is -0.687. The standard InChI is InChI=1S/C19H15ClF3N3O3S/c1-10-24-16(29-26-10)11-3-5-12(6-4-11)30-13-7-8-15(14(20)9-13)25-17(27)18(2,28)19(21,22)23/h3-9,28H,1-2H3,(H,25,27)/t18-/m1/s1. The Kier molecular flexibility index (Phi) is 6.11. The van der Waals surface area contributed by atoms with E-state index in [2.05, 4.69) is 10.1 Å². The van der Waals surface area contributed by atoms with Gasteiger partial charge in [0.05, 0.1) is 10.7 Å². The van der Waals surface area contributed by atoms with Gasteiger partial charge in [-0.05, 0) is 56.3 Å². The van der Waals surface area contributed by atoms with Gasteiger partial charge < -0.3 is 14.9 Å². The van der Waals surface area contributed by atoms with Crippen molar-refractivity contribution >= 4 is 35.0 Å². The minimum atomic E-state index is -5.12. The highest BCUT2D eigenvalue weighted by Gasteiger charge is 2.55. The van der Waals surface area contributed by atoms with Crippen molar-refractivity contribution in [2.75, 3.05) is 5.32 Å². The number of carbonyl (C=O) groups is 1. The van der Waals surface area contributed by atoms with Crippen LogP contribution in [0.2, 0.25) is 5.02 Å². The quantitative estimate of drug-likeness (QED) is 0.554. The number of hydrogen-bond acceptors (Lipinski definition) is 6. The van der Waals surface area contributed by atoms with Crippen LogP contribution in [-0.2, 0) is 4.79 Å². The van der Waals surface area contributed by atoms with Crippen LogP contribution in [0.1, 0.15) is 12.7 Å². The van der Waals surface area contributed by atoms with E-state index in [-0.39, 0.29) is 10.7 Å². The van der Waals surface area contributed by atoms with Crippen molar-refractivity contribution in [1.82, 2.24) is 10.1 Å². The van der Waals surface area contributed by atoms with Crippen LogP contribution in [0.4, 0.5) is 18.9 Å². The van der Waals surface area contributed by atoms with Gasteiger partial charge >= 0.3 is 6.18 Å². The first-order valence-corrected chi connectivity index (χ1v) is 9.65. The van der Waals surface area contributed by atoms with Crippen molar-refractivity contribution < 1.29 is 27.6 Å². The molecule has 2 aromatic carbocycles. The highest BCUT2D eigenvalue weighted by Crippen LogP contribution is 2.35. The molecule has 0 aliphatic carbocycles. The van der Waals surface area contributed by atoms with Gasteiger partial charge in [0.25, 0.3) is 11.8 Å². The minimum absolute atomic E-state index is 0.0317. The Morgan fingerprint density at radius 1 is 1.17 bits per heavy atom. The third kappa shape index (κ3) is 4.77. The summed E-state index contributed by atoms with van der Waals surface area (Å²) in [5, 5.41) is 15.2. The molecule has 1 aromatic heterocycles. The van der Waals surface area contributed by atoms with Crippen molar-refractivity contribution in [3.05, 3.63) is 53.3 Å². The lowest BCUT2D eigenvalue weighted by molar-refractivity contribution is -0.242. The first-order chi connectivity index (χ1) is 14.0. The molecule has 0 fully saturated rings. The molecule has 0 saturated heterocycles. The number of hydrogen-bond donors (Lipinski definition) is 2. The molecule has 1 heterocycles. The first-order valence-electron chi connectivity index (χ1n) is 8.46. The molecular formula is C19H15ClF3N3O3S. The van der Waals surface area contributed by atoms with Gasteiger partial charge in [-0.15, -0.1) is 0 Å². The number of aromatic nitrogens is 2. The maximum Gasteiger partial charge on any atom is 0.426 e. The van der Waals surface area contributed by atoms with Crippen LogP contribution in [0.25, 0.3) is 11.5 Å². The third-order valence-electron chi connectivity index (χ3n) is 4.05. The molecule has 11 heteroatoms. The number of amides is 1. The third-order valence-corrected chi connectivity index (χ3v) is 5.36. The lowest BCUT2D eigenvalue weighted by atomic mass is 10.1. The Hall–Kier alpha value is -2.56. The number of anilines is 1. The highest BCUT2D eigenvalue weighted by molar-refractivity contribution is 7.99. The number of carbonyl (C=O) groups excluding carboxylic acids is 1. The Labute approximate surface area is 178 Å².